The van der Waals surface area contributed by atoms with Crippen LogP contribution in [0.4, 0.5) is 46.4 Å². The van der Waals surface area contributed by atoms with Gasteiger partial charge in [0.15, 0.2) is 0 Å². The first-order chi connectivity index (χ1) is 16.7. The van der Waals surface area contributed by atoms with E-state index in [1.54, 1.807) is 26.0 Å². The first-order valence-electron chi connectivity index (χ1n) is 10.4. The Morgan fingerprint density at radius 2 is 1.75 bits per heavy atom. The molecule has 1 heterocycles. The van der Waals surface area contributed by atoms with Crippen molar-refractivity contribution in [2.45, 2.75) is 26.1 Å². The van der Waals surface area contributed by atoms with Gasteiger partial charge in [-0.2, -0.15) is 22.5 Å². The topological polar surface area (TPSA) is 119 Å². The number of nitrogens with one attached hydrogen (secondary N) is 2. The quantitative estimate of drug-likeness (QED) is 0.157. The standard InChI is InChI=1S/C22H22F4N5O4P/c1-12(2)35-19-16(10-9-14(23)18(19)31(32)33)29-21-27-11-13(22(24,25)26)20(30-21)28-15-7-5-6-8-17(15)36(3,4)34/h5-12H,1-4H3,(H2,27,28,29,30). The van der Waals surface area contributed by atoms with Crippen LogP contribution in [0, 0.1) is 15.9 Å². The number of halogens is 4. The Morgan fingerprint density at radius 3 is 2.33 bits per heavy atom. The summed E-state index contributed by atoms with van der Waals surface area (Å²) in [6, 6.07) is 8.09. The van der Waals surface area contributed by atoms with Crippen LogP contribution in [-0.4, -0.2) is 34.3 Å². The molecule has 0 atom stereocenters. The molecule has 9 nitrogen and oxygen atoms in total. The summed E-state index contributed by atoms with van der Waals surface area (Å²) < 4.78 is 73.3. The van der Waals surface area contributed by atoms with E-state index in [1.807, 2.05) is 0 Å². The van der Waals surface area contributed by atoms with Crippen molar-refractivity contribution in [1.82, 2.24) is 9.97 Å². The lowest BCUT2D eigenvalue weighted by Gasteiger charge is -2.19. The Kier molecular flexibility index (Phi) is 7.54. The molecule has 0 fully saturated rings. The molecule has 3 rings (SSSR count). The zero-order chi connectivity index (χ0) is 26.8. The average Bonchev–Trinajstić information content (AvgIpc) is 2.74. The summed E-state index contributed by atoms with van der Waals surface area (Å²) in [5.74, 6) is -2.65. The van der Waals surface area contributed by atoms with Gasteiger partial charge >= 0.3 is 11.9 Å². The van der Waals surface area contributed by atoms with Crippen molar-refractivity contribution in [3.63, 3.8) is 0 Å². The summed E-state index contributed by atoms with van der Waals surface area (Å²) in [7, 11) is -2.87. The summed E-state index contributed by atoms with van der Waals surface area (Å²) in [6.07, 6.45) is -4.90. The number of anilines is 4. The van der Waals surface area contributed by atoms with Crippen molar-refractivity contribution in [1.29, 1.82) is 0 Å². The molecule has 2 aromatic carbocycles. The van der Waals surface area contributed by atoms with E-state index in [0.717, 1.165) is 12.1 Å². The van der Waals surface area contributed by atoms with Gasteiger partial charge in [0.2, 0.25) is 17.5 Å². The molecule has 0 bridgehead atoms. The SMILES string of the molecule is CC(C)Oc1c(Nc2ncc(C(F)(F)F)c(Nc3ccccc3P(C)(C)=O)n2)ccc(F)c1[N+](=O)[O-]. The fraction of sp³-hybridized carbons (Fsp3) is 0.273. The number of aromatic nitrogens is 2. The van der Waals surface area contributed by atoms with Crippen molar-refractivity contribution in [2.24, 2.45) is 0 Å². The summed E-state index contributed by atoms with van der Waals surface area (Å²) in [6.45, 7) is 6.07. The number of rotatable bonds is 8. The van der Waals surface area contributed by atoms with Gasteiger partial charge in [-0.3, -0.25) is 10.1 Å². The van der Waals surface area contributed by atoms with Crippen LogP contribution in [0.3, 0.4) is 0 Å². The molecule has 0 aliphatic heterocycles. The molecule has 1 aromatic heterocycles. The minimum atomic E-state index is -4.83. The number of ether oxygens (including phenoxy) is 1. The average molecular weight is 527 g/mol. The van der Waals surface area contributed by atoms with Gasteiger partial charge in [-0.25, -0.2) is 4.98 Å². The van der Waals surface area contributed by atoms with Crippen molar-refractivity contribution in [3.05, 3.63) is 64.1 Å². The van der Waals surface area contributed by atoms with E-state index in [-0.39, 0.29) is 17.3 Å². The molecule has 36 heavy (non-hydrogen) atoms. The predicted molar refractivity (Wildman–Crippen MR) is 128 cm³/mol. The van der Waals surface area contributed by atoms with Crippen molar-refractivity contribution in [2.75, 3.05) is 24.0 Å². The second-order valence-corrected chi connectivity index (χ2v) is 11.5. The lowest BCUT2D eigenvalue weighted by molar-refractivity contribution is -0.388. The largest absolute Gasteiger partial charge is 0.483 e. The molecular formula is C22H22F4N5O4P. The van der Waals surface area contributed by atoms with Crippen molar-refractivity contribution in [3.8, 4) is 5.75 Å². The maximum Gasteiger partial charge on any atom is 0.421 e. The van der Waals surface area contributed by atoms with Crippen LogP contribution >= 0.6 is 7.14 Å². The molecule has 0 aliphatic rings. The van der Waals surface area contributed by atoms with Crippen LogP contribution in [0.5, 0.6) is 5.75 Å². The molecule has 192 valence electrons. The minimum absolute atomic E-state index is 0.130. The van der Waals surface area contributed by atoms with E-state index in [9.17, 15) is 32.2 Å². The first-order valence-corrected chi connectivity index (χ1v) is 13.0. The Labute approximate surface area is 203 Å². The first kappa shape index (κ1) is 26.9. The Bertz CT molecular complexity index is 1340. The third-order valence-electron chi connectivity index (χ3n) is 4.70. The zero-order valence-corrected chi connectivity index (χ0v) is 20.4. The highest BCUT2D eigenvalue weighted by molar-refractivity contribution is 7.70. The third kappa shape index (κ3) is 6.09. The van der Waals surface area contributed by atoms with Crippen LogP contribution < -0.4 is 20.7 Å². The fourth-order valence-corrected chi connectivity index (χ4v) is 4.37. The third-order valence-corrected chi connectivity index (χ3v) is 6.25. The molecule has 0 unspecified atom stereocenters. The molecule has 0 amide bonds. The maximum absolute atomic E-state index is 14.2. The van der Waals surface area contributed by atoms with E-state index in [2.05, 4.69) is 20.6 Å². The number of nitro groups is 1. The Hall–Kier alpha value is -3.73. The highest BCUT2D eigenvalue weighted by Crippen LogP contribution is 2.42. The Balaban J connectivity index is 2.11. The lowest BCUT2D eigenvalue weighted by Crippen LogP contribution is -2.16. The van der Waals surface area contributed by atoms with Crippen LogP contribution in [0.25, 0.3) is 0 Å². The van der Waals surface area contributed by atoms with E-state index in [4.69, 9.17) is 4.74 Å². The van der Waals surface area contributed by atoms with Gasteiger partial charge in [-0.15, -0.1) is 0 Å². The summed E-state index contributed by atoms with van der Waals surface area (Å²) >= 11 is 0. The number of alkyl halides is 3. The number of hydrogen-bond acceptors (Lipinski definition) is 8. The van der Waals surface area contributed by atoms with Gasteiger partial charge in [0.1, 0.15) is 18.5 Å². The number of nitro benzene ring substituents is 1. The van der Waals surface area contributed by atoms with E-state index in [0.29, 0.717) is 11.5 Å². The molecule has 0 spiro atoms. The normalized spacial score (nSPS) is 11.9. The van der Waals surface area contributed by atoms with Gasteiger partial charge in [0.05, 0.1) is 22.4 Å². The zero-order valence-electron chi connectivity index (χ0n) is 19.6. The fourth-order valence-electron chi connectivity index (χ4n) is 3.21. The second kappa shape index (κ2) is 10.1. The highest BCUT2D eigenvalue weighted by atomic mass is 31.2. The molecule has 14 heteroatoms. The monoisotopic (exact) mass is 527 g/mol. The minimum Gasteiger partial charge on any atom is -0.483 e. The lowest BCUT2D eigenvalue weighted by atomic mass is 10.2. The van der Waals surface area contributed by atoms with Crippen LogP contribution in [-0.2, 0) is 10.7 Å². The number of nitrogens with zero attached hydrogens (tertiary/aromatic N) is 3. The molecule has 0 saturated heterocycles. The van der Waals surface area contributed by atoms with Crippen LogP contribution in [0.15, 0.2) is 42.6 Å². The van der Waals surface area contributed by atoms with Gasteiger partial charge < -0.3 is 19.9 Å². The van der Waals surface area contributed by atoms with E-state index < -0.39 is 53.0 Å². The maximum atomic E-state index is 14.2. The highest BCUT2D eigenvalue weighted by Gasteiger charge is 2.36. The number of hydrogen-bond donors (Lipinski definition) is 2. The second-order valence-electron chi connectivity index (χ2n) is 8.27. The van der Waals surface area contributed by atoms with Gasteiger partial charge in [0, 0.05) is 11.5 Å². The van der Waals surface area contributed by atoms with Crippen molar-refractivity contribution >= 4 is 41.3 Å². The van der Waals surface area contributed by atoms with Crippen LogP contribution in [0.1, 0.15) is 19.4 Å². The smallest absolute Gasteiger partial charge is 0.421 e. The number of benzene rings is 2. The molecule has 3 aromatic rings. The van der Waals surface area contributed by atoms with E-state index >= 15 is 0 Å². The summed E-state index contributed by atoms with van der Waals surface area (Å²) in [5, 5.41) is 16.9. The Morgan fingerprint density at radius 1 is 1.08 bits per heavy atom. The number of para-hydroxylation sites is 1. The van der Waals surface area contributed by atoms with Gasteiger partial charge in [0.25, 0.3) is 0 Å². The molecule has 0 aliphatic carbocycles. The summed E-state index contributed by atoms with van der Waals surface area (Å²) in [4.78, 5) is 18.0. The van der Waals surface area contributed by atoms with Gasteiger partial charge in [-0.1, -0.05) is 12.1 Å². The molecular weight excluding hydrogens is 505 g/mol. The van der Waals surface area contributed by atoms with Gasteiger partial charge in [-0.05, 0) is 51.4 Å². The molecule has 0 saturated carbocycles. The predicted octanol–water partition coefficient (Wildman–Crippen LogP) is 6.07. The summed E-state index contributed by atoms with van der Waals surface area (Å²) in [5.41, 5.74) is -2.13. The molecule has 2 N–H and O–H groups in total. The van der Waals surface area contributed by atoms with Crippen LogP contribution in [0.2, 0.25) is 0 Å². The van der Waals surface area contributed by atoms with E-state index in [1.165, 1.54) is 25.5 Å². The van der Waals surface area contributed by atoms with Crippen molar-refractivity contribution < 1.29 is 31.8 Å². The molecule has 0 radical (unpaired) electrons.